The van der Waals surface area contributed by atoms with Gasteiger partial charge in [0.15, 0.2) is 5.76 Å². The molecular formula is C19H18ClFKN3O5. The number of carbonyl (C=O) groups is 2. The molecule has 0 aliphatic rings. The monoisotopic (exact) mass is 461 g/mol. The molecule has 0 unspecified atom stereocenters. The molecule has 0 saturated heterocycles. The molecule has 1 amide bonds. The average molecular weight is 462 g/mol. The van der Waals surface area contributed by atoms with Crippen molar-refractivity contribution >= 4 is 80.5 Å². The normalized spacial score (nSPS) is 10.5. The van der Waals surface area contributed by atoms with Crippen molar-refractivity contribution in [2.75, 3.05) is 5.32 Å². The van der Waals surface area contributed by atoms with Gasteiger partial charge in [0.05, 0.1) is 5.69 Å². The fraction of sp³-hybridized carbons (Fsp3) is 0.211. The van der Waals surface area contributed by atoms with Gasteiger partial charge in [0, 0.05) is 43.4 Å². The number of halogens is 2. The molecule has 0 radical (unpaired) electrons. The predicted molar refractivity (Wildman–Crippen MR) is 110 cm³/mol. The Balaban J connectivity index is 0.00000320. The molecule has 11 heteroatoms. The number of anilines is 1. The summed E-state index contributed by atoms with van der Waals surface area (Å²) < 4.78 is 20.8. The third kappa shape index (κ3) is 5.51. The summed E-state index contributed by atoms with van der Waals surface area (Å²) in [4.78, 5) is 23.5. The molecule has 0 fully saturated rings. The van der Waals surface area contributed by atoms with Crippen molar-refractivity contribution < 1.29 is 28.7 Å². The number of benzene rings is 1. The number of phenolic OH excluding ortho intramolecular Hbond substituents is 1. The van der Waals surface area contributed by atoms with Crippen molar-refractivity contribution in [1.82, 2.24) is 9.72 Å². The molecule has 154 valence electrons. The summed E-state index contributed by atoms with van der Waals surface area (Å²) in [6, 6.07) is 3.53. The SMILES string of the molecule is CCn1cc(NC(=O)CCc2onc(-c3ccc(O)cc3F)c2Cl)c(C(=O)O)c1.[KH]. The van der Waals surface area contributed by atoms with Gasteiger partial charge in [0.1, 0.15) is 27.8 Å². The molecule has 2 heterocycles. The number of carboxylic acids is 1. The Morgan fingerprint density at radius 3 is 2.70 bits per heavy atom. The van der Waals surface area contributed by atoms with Crippen LogP contribution in [0.15, 0.2) is 35.1 Å². The van der Waals surface area contributed by atoms with E-state index in [1.807, 2.05) is 6.92 Å². The van der Waals surface area contributed by atoms with Crippen molar-refractivity contribution in [2.45, 2.75) is 26.3 Å². The molecule has 0 saturated carbocycles. The number of aromatic carboxylic acids is 1. The summed E-state index contributed by atoms with van der Waals surface area (Å²) in [5.41, 5.74) is 0.301. The number of nitrogens with zero attached hydrogens (tertiary/aromatic N) is 2. The summed E-state index contributed by atoms with van der Waals surface area (Å²) in [5, 5.41) is 24.9. The van der Waals surface area contributed by atoms with Gasteiger partial charge in [-0.2, -0.15) is 0 Å². The molecule has 3 rings (SSSR count). The topological polar surface area (TPSA) is 118 Å². The van der Waals surface area contributed by atoms with E-state index in [-0.39, 0.29) is 103 Å². The van der Waals surface area contributed by atoms with E-state index >= 15 is 0 Å². The maximum atomic E-state index is 14.0. The maximum absolute atomic E-state index is 14.0. The van der Waals surface area contributed by atoms with Gasteiger partial charge in [-0.25, -0.2) is 9.18 Å². The Kier molecular flexibility index (Phi) is 8.65. The standard InChI is InChI=1S/C19H17ClFN3O5.K.H/c1-2-24-8-12(19(27)28)14(9-24)22-16(26)6-5-15-17(20)18(23-29-15)11-4-3-10(25)7-13(11)21;;/h3-4,7-9,25H,2,5-6H2,1H3,(H,22,26)(H,27,28);;. The van der Waals surface area contributed by atoms with E-state index in [4.69, 9.17) is 16.1 Å². The Morgan fingerprint density at radius 1 is 1.33 bits per heavy atom. The minimum atomic E-state index is -1.15. The first-order valence-corrected chi connectivity index (χ1v) is 9.03. The van der Waals surface area contributed by atoms with E-state index in [1.165, 1.54) is 24.5 Å². The van der Waals surface area contributed by atoms with Gasteiger partial charge >= 0.3 is 57.4 Å². The number of hydrogen-bond acceptors (Lipinski definition) is 5. The van der Waals surface area contributed by atoms with Crippen LogP contribution in [0.5, 0.6) is 5.75 Å². The van der Waals surface area contributed by atoms with E-state index in [0.717, 1.165) is 6.07 Å². The van der Waals surface area contributed by atoms with Crippen LogP contribution >= 0.6 is 11.6 Å². The number of aromatic hydroxyl groups is 1. The van der Waals surface area contributed by atoms with Crippen LogP contribution in [0.25, 0.3) is 11.3 Å². The van der Waals surface area contributed by atoms with E-state index in [9.17, 15) is 24.2 Å². The first kappa shape index (κ1) is 24.6. The Morgan fingerprint density at radius 2 is 2.07 bits per heavy atom. The van der Waals surface area contributed by atoms with Gasteiger partial charge in [0.25, 0.3) is 0 Å². The number of phenols is 1. The third-order valence-corrected chi connectivity index (χ3v) is 4.63. The molecule has 8 nitrogen and oxygen atoms in total. The zero-order valence-electron chi connectivity index (χ0n) is 15.3. The minimum absolute atomic E-state index is 0. The number of hydrogen-bond donors (Lipinski definition) is 3. The molecule has 0 aliphatic heterocycles. The van der Waals surface area contributed by atoms with Crippen LogP contribution in [0.2, 0.25) is 5.02 Å². The number of carboxylic acid groups (broad SMARTS) is 1. The number of carbonyl (C=O) groups excluding carboxylic acids is 1. The second kappa shape index (κ2) is 10.6. The number of aromatic nitrogens is 2. The summed E-state index contributed by atoms with van der Waals surface area (Å²) in [5.74, 6) is -2.35. The fourth-order valence-corrected chi connectivity index (χ4v) is 3.00. The molecule has 0 bridgehead atoms. The Hall–Kier alpha value is -1.69. The molecule has 0 atom stereocenters. The molecule has 30 heavy (non-hydrogen) atoms. The second-order valence-electron chi connectivity index (χ2n) is 6.20. The molecule has 3 N–H and O–H groups in total. The predicted octanol–water partition coefficient (Wildman–Crippen LogP) is 3.28. The summed E-state index contributed by atoms with van der Waals surface area (Å²) in [6.45, 7) is 2.40. The quantitative estimate of drug-likeness (QED) is 0.465. The molecule has 3 aromatic rings. The first-order valence-electron chi connectivity index (χ1n) is 8.66. The molecule has 1 aromatic carbocycles. The number of rotatable bonds is 7. The fourth-order valence-electron chi connectivity index (χ4n) is 2.73. The zero-order chi connectivity index (χ0) is 21.1. The van der Waals surface area contributed by atoms with Crippen LogP contribution < -0.4 is 5.32 Å². The summed E-state index contributed by atoms with van der Waals surface area (Å²) in [6.07, 6.45) is 3.00. The van der Waals surface area contributed by atoms with Crippen molar-refractivity contribution in [3.63, 3.8) is 0 Å². The summed E-state index contributed by atoms with van der Waals surface area (Å²) >= 11 is 6.21. The van der Waals surface area contributed by atoms with Crippen LogP contribution in [-0.4, -0.2) is 83.2 Å². The summed E-state index contributed by atoms with van der Waals surface area (Å²) in [7, 11) is 0. The Bertz CT molecular complexity index is 1080. The van der Waals surface area contributed by atoms with Gasteiger partial charge in [-0.3, -0.25) is 4.79 Å². The van der Waals surface area contributed by atoms with Gasteiger partial charge in [0.2, 0.25) is 5.91 Å². The zero-order valence-corrected chi connectivity index (χ0v) is 16.0. The van der Waals surface area contributed by atoms with Crippen LogP contribution in [-0.2, 0) is 17.8 Å². The Labute approximate surface area is 218 Å². The second-order valence-corrected chi connectivity index (χ2v) is 6.58. The van der Waals surface area contributed by atoms with Crippen molar-refractivity contribution in [1.29, 1.82) is 0 Å². The molecule has 0 spiro atoms. The first-order chi connectivity index (χ1) is 13.8. The van der Waals surface area contributed by atoms with Gasteiger partial charge in [-0.15, -0.1) is 0 Å². The van der Waals surface area contributed by atoms with E-state index in [1.54, 1.807) is 4.57 Å². The van der Waals surface area contributed by atoms with E-state index in [0.29, 0.717) is 6.54 Å². The van der Waals surface area contributed by atoms with E-state index < -0.39 is 17.7 Å². The van der Waals surface area contributed by atoms with Gasteiger partial charge in [-0.05, 0) is 19.1 Å². The van der Waals surface area contributed by atoms with Crippen LogP contribution in [0.4, 0.5) is 10.1 Å². The number of nitrogens with one attached hydrogen (secondary N) is 1. The average Bonchev–Trinajstić information content (AvgIpc) is 3.24. The third-order valence-electron chi connectivity index (χ3n) is 4.24. The number of amides is 1. The number of aryl methyl sites for hydroxylation is 2. The van der Waals surface area contributed by atoms with Crippen LogP contribution in [0.3, 0.4) is 0 Å². The van der Waals surface area contributed by atoms with Crippen molar-refractivity contribution in [2.24, 2.45) is 0 Å². The van der Waals surface area contributed by atoms with Crippen molar-refractivity contribution in [3.8, 4) is 17.0 Å². The van der Waals surface area contributed by atoms with Crippen LogP contribution in [0.1, 0.15) is 29.5 Å². The van der Waals surface area contributed by atoms with E-state index in [2.05, 4.69) is 10.5 Å². The molecule has 0 aliphatic carbocycles. The molecular weight excluding hydrogens is 444 g/mol. The molecule has 2 aromatic heterocycles. The van der Waals surface area contributed by atoms with Gasteiger partial charge in [-0.1, -0.05) is 16.8 Å². The van der Waals surface area contributed by atoms with Gasteiger partial charge < -0.3 is 24.6 Å². The van der Waals surface area contributed by atoms with Crippen LogP contribution in [0, 0.1) is 5.82 Å². The van der Waals surface area contributed by atoms with Crippen molar-refractivity contribution in [3.05, 3.63) is 52.8 Å².